The predicted octanol–water partition coefficient (Wildman–Crippen LogP) is 4.09. The molecule has 0 fully saturated rings. The van der Waals surface area contributed by atoms with Crippen molar-refractivity contribution in [2.45, 2.75) is 46.5 Å². The first-order valence-electron chi connectivity index (χ1n) is 9.43. The summed E-state index contributed by atoms with van der Waals surface area (Å²) in [6.07, 6.45) is 3.00. The lowest BCUT2D eigenvalue weighted by Crippen LogP contribution is -2.21. The number of amides is 1. The summed E-state index contributed by atoms with van der Waals surface area (Å²) in [7, 11) is 0. The Morgan fingerprint density at radius 3 is 2.82 bits per heavy atom. The van der Waals surface area contributed by atoms with Crippen LogP contribution in [0.3, 0.4) is 0 Å². The van der Waals surface area contributed by atoms with Gasteiger partial charge in [0.1, 0.15) is 11.1 Å². The standard InChI is InChI=1S/C22H24N2O3S/c1-13-4-7-17-18(11-23)22(28-19(17)8-13)24-20(25)12-27-21(26)10-16-6-5-14(2)15(3)9-16/h5-6,9,13H,4,7-8,10,12H2,1-3H3,(H,24,25). The quantitative estimate of drug-likeness (QED) is 0.772. The van der Waals surface area contributed by atoms with Crippen molar-refractivity contribution in [2.75, 3.05) is 11.9 Å². The minimum absolute atomic E-state index is 0.128. The van der Waals surface area contributed by atoms with E-state index in [0.29, 0.717) is 16.5 Å². The number of nitriles is 1. The molecule has 6 heteroatoms. The lowest BCUT2D eigenvalue weighted by molar-refractivity contribution is -0.146. The zero-order valence-electron chi connectivity index (χ0n) is 16.4. The number of anilines is 1. The first kappa shape index (κ1) is 20.1. The number of hydrogen-bond acceptors (Lipinski definition) is 5. The molecule has 1 aromatic heterocycles. The van der Waals surface area contributed by atoms with E-state index < -0.39 is 11.9 Å². The third-order valence-electron chi connectivity index (χ3n) is 5.16. The van der Waals surface area contributed by atoms with Gasteiger partial charge in [-0.25, -0.2) is 0 Å². The van der Waals surface area contributed by atoms with Crippen LogP contribution in [-0.2, 0) is 33.6 Å². The van der Waals surface area contributed by atoms with Gasteiger partial charge in [0.2, 0.25) is 0 Å². The molecule has 1 aromatic carbocycles. The lowest BCUT2D eigenvalue weighted by atomic mass is 9.89. The summed E-state index contributed by atoms with van der Waals surface area (Å²) in [6, 6.07) is 8.03. The van der Waals surface area contributed by atoms with Crippen LogP contribution < -0.4 is 5.32 Å². The number of rotatable bonds is 5. The van der Waals surface area contributed by atoms with Crippen LogP contribution in [0.15, 0.2) is 18.2 Å². The molecule has 0 spiro atoms. The van der Waals surface area contributed by atoms with E-state index in [4.69, 9.17) is 4.74 Å². The Labute approximate surface area is 169 Å². The van der Waals surface area contributed by atoms with Crippen LogP contribution in [0.2, 0.25) is 0 Å². The molecule has 0 bridgehead atoms. The SMILES string of the molecule is Cc1ccc(CC(=O)OCC(=O)Nc2sc3c(c2C#N)CCC(C)C3)cc1C. The van der Waals surface area contributed by atoms with Gasteiger partial charge in [0.15, 0.2) is 6.61 Å². The molecule has 0 aliphatic heterocycles. The first-order chi connectivity index (χ1) is 13.4. The van der Waals surface area contributed by atoms with Gasteiger partial charge in [0.05, 0.1) is 12.0 Å². The smallest absolute Gasteiger partial charge is 0.310 e. The molecule has 1 aliphatic carbocycles. The Morgan fingerprint density at radius 1 is 1.32 bits per heavy atom. The van der Waals surface area contributed by atoms with E-state index in [1.165, 1.54) is 16.2 Å². The molecule has 1 heterocycles. The number of carbonyl (C=O) groups is 2. The summed E-state index contributed by atoms with van der Waals surface area (Å²) < 4.78 is 5.11. The molecule has 28 heavy (non-hydrogen) atoms. The monoisotopic (exact) mass is 396 g/mol. The zero-order valence-corrected chi connectivity index (χ0v) is 17.2. The van der Waals surface area contributed by atoms with Crippen molar-refractivity contribution in [2.24, 2.45) is 5.92 Å². The zero-order chi connectivity index (χ0) is 20.3. The third-order valence-corrected chi connectivity index (χ3v) is 6.33. The normalized spacial score (nSPS) is 15.4. The Morgan fingerprint density at radius 2 is 2.11 bits per heavy atom. The Hall–Kier alpha value is -2.65. The molecular weight excluding hydrogens is 372 g/mol. The minimum atomic E-state index is -0.446. The van der Waals surface area contributed by atoms with Gasteiger partial charge in [-0.3, -0.25) is 9.59 Å². The van der Waals surface area contributed by atoms with E-state index in [2.05, 4.69) is 18.3 Å². The number of aryl methyl sites for hydroxylation is 2. The number of carbonyl (C=O) groups excluding carboxylic acids is 2. The summed E-state index contributed by atoms with van der Waals surface area (Å²) >= 11 is 1.46. The molecule has 0 saturated carbocycles. The second kappa shape index (κ2) is 8.57. The van der Waals surface area contributed by atoms with Crippen LogP contribution in [0.5, 0.6) is 0 Å². The van der Waals surface area contributed by atoms with E-state index in [-0.39, 0.29) is 13.0 Å². The Kier molecular flexibility index (Phi) is 6.15. The number of fused-ring (bicyclic) bond motifs is 1. The van der Waals surface area contributed by atoms with Crippen LogP contribution in [0.25, 0.3) is 0 Å². The van der Waals surface area contributed by atoms with Crippen molar-refractivity contribution in [3.63, 3.8) is 0 Å². The average molecular weight is 397 g/mol. The van der Waals surface area contributed by atoms with E-state index in [1.54, 1.807) is 0 Å². The number of hydrogen-bond donors (Lipinski definition) is 1. The summed E-state index contributed by atoms with van der Waals surface area (Å²) in [5.41, 5.74) is 4.76. The van der Waals surface area contributed by atoms with Crippen LogP contribution in [0.1, 0.15) is 46.0 Å². The van der Waals surface area contributed by atoms with E-state index in [9.17, 15) is 14.9 Å². The third kappa shape index (κ3) is 4.60. The van der Waals surface area contributed by atoms with Gasteiger partial charge in [0, 0.05) is 4.88 Å². The molecule has 1 amide bonds. The second-order valence-corrected chi connectivity index (χ2v) is 8.58. The largest absolute Gasteiger partial charge is 0.455 e. The summed E-state index contributed by atoms with van der Waals surface area (Å²) in [5, 5.41) is 12.8. The van der Waals surface area contributed by atoms with Gasteiger partial charge in [-0.2, -0.15) is 5.26 Å². The number of benzene rings is 1. The molecule has 146 valence electrons. The van der Waals surface area contributed by atoms with E-state index >= 15 is 0 Å². The molecular formula is C22H24N2O3S. The van der Waals surface area contributed by atoms with Gasteiger partial charge >= 0.3 is 5.97 Å². The fourth-order valence-electron chi connectivity index (χ4n) is 3.40. The van der Waals surface area contributed by atoms with Crippen molar-refractivity contribution < 1.29 is 14.3 Å². The highest BCUT2D eigenvalue weighted by molar-refractivity contribution is 7.16. The van der Waals surface area contributed by atoms with E-state index in [0.717, 1.165) is 41.5 Å². The molecule has 1 N–H and O–H groups in total. The van der Waals surface area contributed by atoms with Gasteiger partial charge in [0.25, 0.3) is 5.91 Å². The van der Waals surface area contributed by atoms with Gasteiger partial charge in [-0.05, 0) is 61.3 Å². The van der Waals surface area contributed by atoms with Gasteiger partial charge < -0.3 is 10.1 Å². The maximum Gasteiger partial charge on any atom is 0.310 e. The maximum absolute atomic E-state index is 12.2. The van der Waals surface area contributed by atoms with Crippen LogP contribution >= 0.6 is 11.3 Å². The van der Waals surface area contributed by atoms with Crippen molar-refractivity contribution in [3.8, 4) is 6.07 Å². The molecule has 1 unspecified atom stereocenters. The predicted molar refractivity (Wildman–Crippen MR) is 109 cm³/mol. The number of nitrogens with one attached hydrogen (secondary N) is 1. The molecule has 5 nitrogen and oxygen atoms in total. The maximum atomic E-state index is 12.2. The summed E-state index contributed by atoms with van der Waals surface area (Å²) in [4.78, 5) is 25.4. The van der Waals surface area contributed by atoms with Crippen molar-refractivity contribution >= 4 is 28.2 Å². The summed E-state index contributed by atoms with van der Waals surface area (Å²) in [5.74, 6) is -0.276. The molecule has 0 saturated heterocycles. The van der Waals surface area contributed by atoms with E-state index in [1.807, 2.05) is 32.0 Å². The van der Waals surface area contributed by atoms with Gasteiger partial charge in [-0.15, -0.1) is 11.3 Å². The first-order valence-corrected chi connectivity index (χ1v) is 10.2. The van der Waals surface area contributed by atoms with Crippen molar-refractivity contribution in [1.82, 2.24) is 0 Å². The topological polar surface area (TPSA) is 79.2 Å². The number of esters is 1. The van der Waals surface area contributed by atoms with Crippen molar-refractivity contribution in [3.05, 3.63) is 50.9 Å². The van der Waals surface area contributed by atoms with Crippen molar-refractivity contribution in [1.29, 1.82) is 5.26 Å². The molecule has 1 atom stereocenters. The highest BCUT2D eigenvalue weighted by Gasteiger charge is 2.24. The highest BCUT2D eigenvalue weighted by Crippen LogP contribution is 2.39. The fourth-order valence-corrected chi connectivity index (χ4v) is 4.77. The number of nitrogens with zero attached hydrogens (tertiary/aromatic N) is 1. The average Bonchev–Trinajstić information content (AvgIpc) is 2.99. The number of ether oxygens (including phenoxy) is 1. The summed E-state index contributed by atoms with van der Waals surface area (Å²) in [6.45, 7) is 5.85. The molecule has 2 aromatic rings. The molecule has 0 radical (unpaired) electrons. The van der Waals surface area contributed by atoms with Crippen LogP contribution in [0, 0.1) is 31.1 Å². The lowest BCUT2D eigenvalue weighted by Gasteiger charge is -2.17. The Bertz CT molecular complexity index is 955. The van der Waals surface area contributed by atoms with Gasteiger partial charge in [-0.1, -0.05) is 25.1 Å². The Balaban J connectivity index is 1.56. The minimum Gasteiger partial charge on any atom is -0.455 e. The molecule has 1 aliphatic rings. The highest BCUT2D eigenvalue weighted by atomic mass is 32.1. The fraction of sp³-hybridized carbons (Fsp3) is 0.409. The molecule has 3 rings (SSSR count). The second-order valence-electron chi connectivity index (χ2n) is 7.47. The van der Waals surface area contributed by atoms with Crippen LogP contribution in [0.4, 0.5) is 5.00 Å². The van der Waals surface area contributed by atoms with Crippen LogP contribution in [-0.4, -0.2) is 18.5 Å². The number of thiophene rings is 1.